The van der Waals surface area contributed by atoms with E-state index >= 15 is 0 Å². The molecule has 0 saturated carbocycles. The molecular weight excluding hydrogens is 195 g/mol. The maximum atomic E-state index is 5.62. The Labute approximate surface area is 84.5 Å². The summed E-state index contributed by atoms with van der Waals surface area (Å²) in [5.41, 5.74) is 2.73. The Kier molecular flexibility index (Phi) is 4.57. The molecule has 2 nitrogen and oxygen atoms in total. The van der Waals surface area contributed by atoms with E-state index in [4.69, 9.17) is 5.84 Å². The molecule has 0 unspecified atom stereocenters. The van der Waals surface area contributed by atoms with Gasteiger partial charge in [-0.2, -0.15) is 0 Å². The fourth-order valence-electron chi connectivity index (χ4n) is 1.36. The number of hydrogen-bond acceptors (Lipinski definition) is 2. The molecule has 1 aliphatic rings. The third-order valence-corrected chi connectivity index (χ3v) is 1.87. The zero-order valence-electron chi connectivity index (χ0n) is 6.56. The fourth-order valence-corrected chi connectivity index (χ4v) is 1.36. The topological polar surface area (TPSA) is 29.3 Å². The SMILES string of the molecule is Cl.Cl.NN1Cc2ccccc2C1. The van der Waals surface area contributed by atoms with Crippen molar-refractivity contribution in [2.75, 3.05) is 0 Å². The van der Waals surface area contributed by atoms with Gasteiger partial charge in [-0.25, -0.2) is 5.01 Å². The summed E-state index contributed by atoms with van der Waals surface area (Å²) in [6.07, 6.45) is 0. The van der Waals surface area contributed by atoms with Gasteiger partial charge in [0.05, 0.1) is 0 Å². The lowest BCUT2D eigenvalue weighted by molar-refractivity contribution is 0.295. The summed E-state index contributed by atoms with van der Waals surface area (Å²) >= 11 is 0. The summed E-state index contributed by atoms with van der Waals surface area (Å²) in [7, 11) is 0. The first kappa shape index (κ1) is 11.7. The monoisotopic (exact) mass is 206 g/mol. The van der Waals surface area contributed by atoms with Gasteiger partial charge in [-0.3, -0.25) is 5.84 Å². The number of hydrogen-bond donors (Lipinski definition) is 1. The smallest absolute Gasteiger partial charge is 0.0386 e. The number of hydrazine groups is 1. The van der Waals surface area contributed by atoms with Gasteiger partial charge in [0.1, 0.15) is 0 Å². The van der Waals surface area contributed by atoms with Crippen LogP contribution in [-0.4, -0.2) is 5.01 Å². The maximum absolute atomic E-state index is 5.62. The van der Waals surface area contributed by atoms with E-state index in [2.05, 4.69) is 24.3 Å². The predicted octanol–water partition coefficient (Wildman–Crippen LogP) is 1.72. The van der Waals surface area contributed by atoms with E-state index in [0.29, 0.717) is 0 Å². The Hall–Kier alpha value is -0.280. The zero-order chi connectivity index (χ0) is 6.97. The minimum absolute atomic E-state index is 0. The van der Waals surface area contributed by atoms with E-state index in [9.17, 15) is 0 Å². The van der Waals surface area contributed by atoms with Gasteiger partial charge in [0.2, 0.25) is 0 Å². The maximum Gasteiger partial charge on any atom is 0.0386 e. The number of benzene rings is 1. The van der Waals surface area contributed by atoms with E-state index in [-0.39, 0.29) is 24.8 Å². The van der Waals surface area contributed by atoms with Crippen molar-refractivity contribution in [3.05, 3.63) is 35.4 Å². The van der Waals surface area contributed by atoms with Crippen LogP contribution in [-0.2, 0) is 13.1 Å². The quantitative estimate of drug-likeness (QED) is 0.656. The molecule has 0 atom stereocenters. The minimum atomic E-state index is 0. The average molecular weight is 207 g/mol. The number of nitrogens with zero attached hydrogens (tertiary/aromatic N) is 1. The van der Waals surface area contributed by atoms with Crippen LogP contribution in [0.1, 0.15) is 11.1 Å². The second-order valence-corrected chi connectivity index (χ2v) is 2.67. The molecule has 0 aromatic heterocycles. The zero-order valence-corrected chi connectivity index (χ0v) is 8.20. The van der Waals surface area contributed by atoms with E-state index < -0.39 is 0 Å². The molecule has 0 radical (unpaired) electrons. The Bertz CT molecular complexity index is 228. The molecule has 4 heteroatoms. The average Bonchev–Trinajstić information content (AvgIpc) is 2.27. The fraction of sp³-hybridized carbons (Fsp3) is 0.250. The van der Waals surface area contributed by atoms with Gasteiger partial charge in [0.25, 0.3) is 0 Å². The van der Waals surface area contributed by atoms with Crippen LogP contribution in [0.5, 0.6) is 0 Å². The molecule has 1 aliphatic heterocycles. The molecule has 68 valence electrons. The number of rotatable bonds is 0. The minimum Gasteiger partial charge on any atom is -0.268 e. The largest absolute Gasteiger partial charge is 0.268 e. The molecule has 0 aliphatic carbocycles. The van der Waals surface area contributed by atoms with Crippen LogP contribution in [0.3, 0.4) is 0 Å². The summed E-state index contributed by atoms with van der Waals surface area (Å²) in [6.45, 7) is 1.80. The van der Waals surface area contributed by atoms with Crippen LogP contribution in [0.4, 0.5) is 0 Å². The van der Waals surface area contributed by atoms with Crippen LogP contribution >= 0.6 is 24.8 Å². The van der Waals surface area contributed by atoms with Crippen molar-refractivity contribution in [3.63, 3.8) is 0 Å². The van der Waals surface area contributed by atoms with Gasteiger partial charge in [-0.05, 0) is 11.1 Å². The number of fused-ring (bicyclic) bond motifs is 1. The normalized spacial score (nSPS) is 14.4. The molecule has 0 fully saturated rings. The summed E-state index contributed by atoms with van der Waals surface area (Å²) in [5, 5.41) is 1.82. The molecule has 0 bridgehead atoms. The molecule has 2 rings (SSSR count). The molecule has 0 saturated heterocycles. The molecule has 0 amide bonds. The summed E-state index contributed by atoms with van der Waals surface area (Å²) < 4.78 is 0. The Morgan fingerprint density at radius 3 is 1.83 bits per heavy atom. The van der Waals surface area contributed by atoms with E-state index in [1.54, 1.807) is 0 Å². The Morgan fingerprint density at radius 1 is 1.00 bits per heavy atom. The van der Waals surface area contributed by atoms with Crippen LogP contribution < -0.4 is 5.84 Å². The van der Waals surface area contributed by atoms with Gasteiger partial charge < -0.3 is 0 Å². The lowest BCUT2D eigenvalue weighted by Crippen LogP contribution is -2.23. The van der Waals surface area contributed by atoms with E-state index in [1.165, 1.54) is 11.1 Å². The van der Waals surface area contributed by atoms with Crippen molar-refractivity contribution in [2.45, 2.75) is 13.1 Å². The van der Waals surface area contributed by atoms with Gasteiger partial charge in [-0.15, -0.1) is 24.8 Å². The van der Waals surface area contributed by atoms with Gasteiger partial charge in [0, 0.05) is 13.1 Å². The van der Waals surface area contributed by atoms with E-state index in [0.717, 1.165) is 13.1 Å². The summed E-state index contributed by atoms with van der Waals surface area (Å²) in [5.74, 6) is 5.62. The standard InChI is InChI=1S/C8H10N2.2ClH/c9-10-5-7-3-1-2-4-8(7)6-10;;/h1-4H,5-6,9H2;2*1H. The first-order valence-corrected chi connectivity index (χ1v) is 3.43. The Balaban J connectivity index is 0.000000605. The lowest BCUT2D eigenvalue weighted by Gasteiger charge is -2.02. The first-order valence-electron chi connectivity index (χ1n) is 3.43. The van der Waals surface area contributed by atoms with Gasteiger partial charge >= 0.3 is 0 Å². The number of halogens is 2. The predicted molar refractivity (Wildman–Crippen MR) is 54.4 cm³/mol. The third kappa shape index (κ3) is 2.11. The highest BCUT2D eigenvalue weighted by molar-refractivity contribution is 5.85. The molecule has 1 aromatic carbocycles. The second kappa shape index (κ2) is 4.67. The molecule has 0 spiro atoms. The highest BCUT2D eigenvalue weighted by Gasteiger charge is 2.13. The lowest BCUT2D eigenvalue weighted by atomic mass is 10.1. The van der Waals surface area contributed by atoms with Crippen LogP contribution in [0, 0.1) is 0 Å². The highest BCUT2D eigenvalue weighted by atomic mass is 35.5. The van der Waals surface area contributed by atoms with Crippen molar-refractivity contribution < 1.29 is 0 Å². The summed E-state index contributed by atoms with van der Waals surface area (Å²) in [6, 6.07) is 8.36. The highest BCUT2D eigenvalue weighted by Crippen LogP contribution is 2.18. The van der Waals surface area contributed by atoms with Crippen LogP contribution in [0.2, 0.25) is 0 Å². The molecule has 12 heavy (non-hydrogen) atoms. The Morgan fingerprint density at radius 2 is 1.42 bits per heavy atom. The third-order valence-electron chi connectivity index (χ3n) is 1.87. The van der Waals surface area contributed by atoms with Crippen molar-refractivity contribution >= 4 is 24.8 Å². The molecule has 1 heterocycles. The second-order valence-electron chi connectivity index (χ2n) is 2.67. The molecular formula is C8H12Cl2N2. The van der Waals surface area contributed by atoms with Crippen molar-refractivity contribution in [2.24, 2.45) is 5.84 Å². The first-order chi connectivity index (χ1) is 4.86. The van der Waals surface area contributed by atoms with Gasteiger partial charge in [0.15, 0.2) is 0 Å². The molecule has 2 N–H and O–H groups in total. The van der Waals surface area contributed by atoms with Crippen molar-refractivity contribution in [1.82, 2.24) is 5.01 Å². The molecule has 1 aromatic rings. The van der Waals surface area contributed by atoms with Crippen LogP contribution in [0.15, 0.2) is 24.3 Å². The van der Waals surface area contributed by atoms with Crippen LogP contribution in [0.25, 0.3) is 0 Å². The van der Waals surface area contributed by atoms with Crippen molar-refractivity contribution in [1.29, 1.82) is 0 Å². The summed E-state index contributed by atoms with van der Waals surface area (Å²) in [4.78, 5) is 0. The number of nitrogens with two attached hydrogens (primary N) is 1. The van der Waals surface area contributed by atoms with E-state index in [1.807, 2.05) is 5.01 Å². The van der Waals surface area contributed by atoms with Gasteiger partial charge in [-0.1, -0.05) is 24.3 Å². The van der Waals surface area contributed by atoms with Crippen molar-refractivity contribution in [3.8, 4) is 0 Å².